The zero-order chi connectivity index (χ0) is 33.3. The number of hydrogen-bond donors (Lipinski definition) is 1. The third-order valence-corrected chi connectivity index (χ3v) is 7.91. The van der Waals surface area contributed by atoms with E-state index in [9.17, 15) is 4.39 Å². The van der Waals surface area contributed by atoms with Crippen LogP contribution < -0.4 is 24.4 Å². The Balaban J connectivity index is 1.45. The van der Waals surface area contributed by atoms with Gasteiger partial charge in [0.25, 0.3) is 0 Å². The number of thioether (sulfide) groups is 1. The second kappa shape index (κ2) is 16.1. The lowest BCUT2D eigenvalue weighted by Gasteiger charge is -2.23. The van der Waals surface area contributed by atoms with Gasteiger partial charge in [0, 0.05) is 54.5 Å². The number of aromatic nitrogens is 2. The van der Waals surface area contributed by atoms with Crippen molar-refractivity contribution in [3.63, 3.8) is 0 Å². The lowest BCUT2D eigenvalue weighted by atomic mass is 10.2. The van der Waals surface area contributed by atoms with Crippen LogP contribution in [0.15, 0.2) is 66.0 Å². The van der Waals surface area contributed by atoms with Crippen LogP contribution in [0.25, 0.3) is 5.69 Å². The Morgan fingerprint density at radius 2 is 1.59 bits per heavy atom. The lowest BCUT2D eigenvalue weighted by Crippen LogP contribution is -2.27. The topological polar surface area (TPSA) is 70.0 Å². The van der Waals surface area contributed by atoms with E-state index in [2.05, 4.69) is 10.3 Å². The molecule has 0 aliphatic carbocycles. The average molecular weight is 659 g/mol. The first-order chi connectivity index (χ1) is 22.0. The summed E-state index contributed by atoms with van der Waals surface area (Å²) in [4.78, 5) is 6.45. The Morgan fingerprint density at radius 3 is 2.24 bits per heavy atom. The summed E-state index contributed by atoms with van der Waals surface area (Å²) in [5.74, 6) is 0.0695. The molecule has 1 heterocycles. The van der Waals surface area contributed by atoms with Gasteiger partial charge in [-0.2, -0.15) is 0 Å². The van der Waals surface area contributed by atoms with Crippen molar-refractivity contribution in [1.82, 2.24) is 14.9 Å². The average Bonchev–Trinajstić information content (AvgIpc) is 3.44. The summed E-state index contributed by atoms with van der Waals surface area (Å²) in [5.41, 5.74) is 1.13. The molecule has 0 unspecified atom stereocenters. The van der Waals surface area contributed by atoms with Crippen LogP contribution in [-0.4, -0.2) is 62.7 Å². The first-order valence-corrected chi connectivity index (χ1v) is 15.9. The first kappa shape index (κ1) is 35.0. The first-order valence-electron chi connectivity index (χ1n) is 14.9. The molecule has 0 saturated carbocycles. The van der Waals surface area contributed by atoms with Crippen LogP contribution >= 0.6 is 11.8 Å². The molecule has 0 amide bonds. The fourth-order valence-electron chi connectivity index (χ4n) is 4.54. The largest absolute Gasteiger partial charge is 0.493 e. The van der Waals surface area contributed by atoms with E-state index in [4.69, 9.17) is 18.9 Å². The molecule has 1 N–H and O–H groups in total. The van der Waals surface area contributed by atoms with Gasteiger partial charge in [-0.15, -0.1) is 0 Å². The third-order valence-electron chi connectivity index (χ3n) is 6.93. The number of methoxy groups -OCH3 is 2. The van der Waals surface area contributed by atoms with E-state index in [0.29, 0.717) is 60.9 Å². The van der Waals surface area contributed by atoms with Crippen LogP contribution in [0.4, 0.5) is 24.7 Å². The van der Waals surface area contributed by atoms with Crippen molar-refractivity contribution in [2.45, 2.75) is 43.7 Å². The van der Waals surface area contributed by atoms with Gasteiger partial charge in [-0.1, -0.05) is 11.8 Å². The second-order valence-electron chi connectivity index (χ2n) is 11.4. The molecule has 0 bridgehead atoms. The Hall–Kier alpha value is -3.87. The van der Waals surface area contributed by atoms with Crippen LogP contribution in [0.1, 0.15) is 32.8 Å². The van der Waals surface area contributed by atoms with Gasteiger partial charge >= 0.3 is 0 Å². The van der Waals surface area contributed by atoms with Crippen molar-refractivity contribution >= 4 is 23.3 Å². The lowest BCUT2D eigenvalue weighted by molar-refractivity contribution is -0.000812. The van der Waals surface area contributed by atoms with Crippen molar-refractivity contribution in [2.75, 3.05) is 52.5 Å². The number of anilines is 2. The van der Waals surface area contributed by atoms with E-state index in [1.807, 2.05) is 44.9 Å². The zero-order valence-electron chi connectivity index (χ0n) is 27.0. The summed E-state index contributed by atoms with van der Waals surface area (Å²) in [6.07, 6.45) is 2.32. The van der Waals surface area contributed by atoms with Crippen molar-refractivity contribution < 1.29 is 32.1 Å². The number of benzene rings is 3. The second-order valence-corrected chi connectivity index (χ2v) is 12.3. The van der Waals surface area contributed by atoms with Gasteiger partial charge in [0.1, 0.15) is 29.0 Å². The predicted molar refractivity (Wildman–Crippen MR) is 176 cm³/mol. The molecule has 4 aromatic rings. The van der Waals surface area contributed by atoms with E-state index in [-0.39, 0.29) is 28.5 Å². The standard InChI is InChI=1S/C34H41F3N4O4S/c1-34(2,3)45-17-15-38-14-7-16-44-26-19-28(36)27(29(37)20-26)22-46-33-39-21-32(41(33)24-10-8-23(35)9-11-24)40(4)25-12-13-30(42-5)31(18-25)43-6/h8-13,18-21,38H,7,14-17,22H2,1-6H3. The minimum atomic E-state index is -0.706. The van der Waals surface area contributed by atoms with Gasteiger partial charge in [0.2, 0.25) is 0 Å². The maximum absolute atomic E-state index is 15.1. The predicted octanol–water partition coefficient (Wildman–Crippen LogP) is 7.54. The summed E-state index contributed by atoms with van der Waals surface area (Å²) in [5, 5.41) is 3.73. The van der Waals surface area contributed by atoms with Gasteiger partial charge in [-0.05, 0) is 70.1 Å². The Kier molecular flexibility index (Phi) is 12.3. The normalized spacial score (nSPS) is 11.5. The minimum Gasteiger partial charge on any atom is -0.493 e. The maximum Gasteiger partial charge on any atom is 0.174 e. The van der Waals surface area contributed by atoms with Crippen molar-refractivity contribution in [2.24, 2.45) is 0 Å². The van der Waals surface area contributed by atoms with Crippen LogP contribution in [0.2, 0.25) is 0 Å². The minimum absolute atomic E-state index is 0.0315. The molecule has 248 valence electrons. The quantitative estimate of drug-likeness (QED) is 0.0979. The molecule has 0 radical (unpaired) electrons. The van der Waals surface area contributed by atoms with E-state index in [1.165, 1.54) is 24.3 Å². The highest BCUT2D eigenvalue weighted by atomic mass is 32.2. The summed E-state index contributed by atoms with van der Waals surface area (Å²) in [6.45, 7) is 8.32. The number of ether oxygens (including phenoxy) is 4. The zero-order valence-corrected chi connectivity index (χ0v) is 27.8. The van der Waals surface area contributed by atoms with Gasteiger partial charge < -0.3 is 29.2 Å². The molecule has 0 aliphatic rings. The third kappa shape index (κ3) is 9.34. The van der Waals surface area contributed by atoms with E-state index in [0.717, 1.165) is 17.4 Å². The number of nitrogens with zero attached hydrogens (tertiary/aromatic N) is 3. The molecule has 8 nitrogen and oxygen atoms in total. The molecule has 46 heavy (non-hydrogen) atoms. The summed E-state index contributed by atoms with van der Waals surface area (Å²) < 4.78 is 68.0. The molecule has 4 rings (SSSR count). The number of rotatable bonds is 16. The molecule has 0 saturated heterocycles. The molecule has 0 spiro atoms. The van der Waals surface area contributed by atoms with Crippen molar-refractivity contribution in [3.8, 4) is 22.9 Å². The van der Waals surface area contributed by atoms with E-state index in [1.54, 1.807) is 43.2 Å². The summed E-state index contributed by atoms with van der Waals surface area (Å²) in [6, 6.07) is 13.8. The molecule has 1 aromatic heterocycles. The Bertz CT molecular complexity index is 1550. The number of halogens is 3. The van der Waals surface area contributed by atoms with Crippen LogP contribution in [0.3, 0.4) is 0 Å². The highest BCUT2D eigenvalue weighted by Crippen LogP contribution is 2.37. The van der Waals surface area contributed by atoms with E-state index < -0.39 is 11.6 Å². The van der Waals surface area contributed by atoms with E-state index >= 15 is 8.78 Å². The summed E-state index contributed by atoms with van der Waals surface area (Å²) in [7, 11) is 4.97. The number of nitrogens with one attached hydrogen (secondary N) is 1. The van der Waals surface area contributed by atoms with Crippen molar-refractivity contribution in [1.29, 1.82) is 0 Å². The Labute approximate surface area is 272 Å². The molecule has 0 atom stereocenters. The smallest absolute Gasteiger partial charge is 0.174 e. The maximum atomic E-state index is 15.1. The van der Waals surface area contributed by atoms with Gasteiger partial charge in [0.05, 0.1) is 39.2 Å². The molecule has 12 heteroatoms. The summed E-state index contributed by atoms with van der Waals surface area (Å²) >= 11 is 1.16. The molecule has 0 fully saturated rings. The molecular formula is C34H41F3N4O4S. The molecular weight excluding hydrogens is 617 g/mol. The van der Waals surface area contributed by atoms with Gasteiger partial charge in [0.15, 0.2) is 16.7 Å². The highest BCUT2D eigenvalue weighted by molar-refractivity contribution is 7.98. The SMILES string of the molecule is COc1ccc(N(C)c2cnc(SCc3c(F)cc(OCCCNCCOC(C)(C)C)cc3F)n2-c2ccc(F)cc2)cc1OC. The van der Waals surface area contributed by atoms with Crippen LogP contribution in [0, 0.1) is 17.5 Å². The van der Waals surface area contributed by atoms with Crippen LogP contribution in [0.5, 0.6) is 17.2 Å². The molecule has 0 aliphatic heterocycles. The van der Waals surface area contributed by atoms with Gasteiger partial charge in [-0.3, -0.25) is 4.57 Å². The number of imidazole rings is 1. The number of hydrogen-bond acceptors (Lipinski definition) is 8. The van der Waals surface area contributed by atoms with Crippen LogP contribution in [-0.2, 0) is 10.5 Å². The van der Waals surface area contributed by atoms with Crippen molar-refractivity contribution in [3.05, 3.63) is 83.8 Å². The fraction of sp³-hybridized carbons (Fsp3) is 0.382. The molecule has 3 aromatic carbocycles. The fourth-order valence-corrected chi connectivity index (χ4v) is 5.55. The highest BCUT2D eigenvalue weighted by Gasteiger charge is 2.20. The Morgan fingerprint density at radius 1 is 0.891 bits per heavy atom. The monoisotopic (exact) mass is 658 g/mol. The van der Waals surface area contributed by atoms with Gasteiger partial charge in [-0.25, -0.2) is 18.2 Å².